The summed E-state index contributed by atoms with van der Waals surface area (Å²) >= 11 is 6.12. The molecule has 1 heterocycles. The van der Waals surface area contributed by atoms with Gasteiger partial charge in [-0.3, -0.25) is 0 Å². The molecule has 0 aliphatic carbocycles. The van der Waals surface area contributed by atoms with Gasteiger partial charge in [-0.1, -0.05) is 11.6 Å². The Morgan fingerprint density at radius 1 is 1.16 bits per heavy atom. The minimum Gasteiger partial charge on any atom is -0.492 e. The van der Waals surface area contributed by atoms with Crippen molar-refractivity contribution in [1.82, 2.24) is 9.21 Å². The summed E-state index contributed by atoms with van der Waals surface area (Å²) < 4.78 is 37.8. The molecule has 0 spiro atoms. The average molecular weight is 391 g/mol. The van der Waals surface area contributed by atoms with Gasteiger partial charge in [-0.2, -0.15) is 4.31 Å². The Hall–Kier alpha value is -1.51. The molecule has 2 rings (SSSR count). The number of piperazine rings is 1. The summed E-state index contributed by atoms with van der Waals surface area (Å²) in [5.41, 5.74) is 0.746. The predicted molar refractivity (Wildman–Crippen MR) is 94.7 cm³/mol. The molecule has 0 atom stereocenters. The van der Waals surface area contributed by atoms with E-state index in [1.807, 2.05) is 0 Å². The smallest absolute Gasteiger partial charge is 0.409 e. The van der Waals surface area contributed by atoms with E-state index >= 15 is 0 Å². The third kappa shape index (κ3) is 4.37. The topological polar surface area (TPSA) is 76.2 Å². The first kappa shape index (κ1) is 19.8. The molecule has 1 aliphatic heterocycles. The molecule has 0 N–H and O–H groups in total. The summed E-state index contributed by atoms with van der Waals surface area (Å²) in [5.74, 6) is 0.289. The van der Waals surface area contributed by atoms with Crippen LogP contribution in [0.1, 0.15) is 19.4 Å². The van der Waals surface area contributed by atoms with Crippen LogP contribution in [0.25, 0.3) is 0 Å². The lowest BCUT2D eigenvalue weighted by Gasteiger charge is -2.33. The minimum atomic E-state index is -3.77. The van der Waals surface area contributed by atoms with E-state index in [0.717, 1.165) is 5.56 Å². The van der Waals surface area contributed by atoms with Crippen molar-refractivity contribution in [3.8, 4) is 5.75 Å². The van der Waals surface area contributed by atoms with Crippen molar-refractivity contribution < 1.29 is 22.7 Å². The number of rotatable bonds is 5. The second-order valence-electron chi connectivity index (χ2n) is 5.57. The van der Waals surface area contributed by atoms with Gasteiger partial charge in [0, 0.05) is 31.2 Å². The van der Waals surface area contributed by atoms with Crippen LogP contribution in [-0.4, -0.2) is 63.1 Å². The monoisotopic (exact) mass is 390 g/mol. The van der Waals surface area contributed by atoms with Crippen molar-refractivity contribution >= 4 is 27.7 Å². The van der Waals surface area contributed by atoms with Crippen molar-refractivity contribution in [3.05, 3.63) is 22.7 Å². The molecular formula is C16H23ClN2O5S. The van der Waals surface area contributed by atoms with Crippen LogP contribution in [0.4, 0.5) is 4.79 Å². The molecule has 7 nitrogen and oxygen atoms in total. The second-order valence-corrected chi connectivity index (χ2v) is 7.88. The van der Waals surface area contributed by atoms with Gasteiger partial charge in [-0.25, -0.2) is 13.2 Å². The molecule has 1 aromatic carbocycles. The van der Waals surface area contributed by atoms with E-state index < -0.39 is 16.1 Å². The largest absolute Gasteiger partial charge is 0.492 e. The highest BCUT2D eigenvalue weighted by molar-refractivity contribution is 7.89. The summed E-state index contributed by atoms with van der Waals surface area (Å²) in [4.78, 5) is 13.3. The first-order chi connectivity index (χ1) is 11.8. The molecule has 1 fully saturated rings. The molecule has 0 saturated carbocycles. The number of ether oxygens (including phenoxy) is 2. The maximum absolute atomic E-state index is 13.0. The second kappa shape index (κ2) is 8.25. The highest BCUT2D eigenvalue weighted by atomic mass is 35.5. The van der Waals surface area contributed by atoms with Gasteiger partial charge in [-0.05, 0) is 38.5 Å². The van der Waals surface area contributed by atoms with Crippen LogP contribution in [0, 0.1) is 6.92 Å². The summed E-state index contributed by atoms with van der Waals surface area (Å²) in [7, 11) is -3.77. The summed E-state index contributed by atoms with van der Waals surface area (Å²) in [6, 6.07) is 3.06. The SMILES string of the molecule is CCOC(=O)N1CCN(S(=O)(=O)c2cc(Cl)c(C)cc2OCC)CC1. The number of benzene rings is 1. The molecule has 9 heteroatoms. The van der Waals surface area contributed by atoms with Crippen molar-refractivity contribution in [2.75, 3.05) is 39.4 Å². The van der Waals surface area contributed by atoms with Crippen LogP contribution in [-0.2, 0) is 14.8 Å². The molecule has 25 heavy (non-hydrogen) atoms. The summed E-state index contributed by atoms with van der Waals surface area (Å²) in [6.45, 7) is 6.89. The van der Waals surface area contributed by atoms with Gasteiger partial charge in [0.25, 0.3) is 0 Å². The normalized spacial score (nSPS) is 15.9. The maximum Gasteiger partial charge on any atom is 0.409 e. The van der Waals surface area contributed by atoms with E-state index in [2.05, 4.69) is 0 Å². The van der Waals surface area contributed by atoms with Gasteiger partial charge >= 0.3 is 6.09 Å². The number of hydrogen-bond acceptors (Lipinski definition) is 5. The predicted octanol–water partition coefficient (Wildman–Crippen LogP) is 2.51. The molecule has 0 aromatic heterocycles. The summed E-state index contributed by atoms with van der Waals surface area (Å²) in [5, 5.41) is 0.368. The fourth-order valence-corrected chi connectivity index (χ4v) is 4.36. The molecule has 1 aliphatic rings. The van der Waals surface area contributed by atoms with Gasteiger partial charge in [0.1, 0.15) is 10.6 Å². The zero-order chi connectivity index (χ0) is 18.6. The zero-order valence-corrected chi connectivity index (χ0v) is 16.2. The highest BCUT2D eigenvalue weighted by Gasteiger charge is 2.33. The molecular weight excluding hydrogens is 368 g/mol. The fraction of sp³-hybridized carbons (Fsp3) is 0.562. The number of carbonyl (C=O) groups excluding carboxylic acids is 1. The maximum atomic E-state index is 13.0. The quantitative estimate of drug-likeness (QED) is 0.772. The molecule has 140 valence electrons. The Kier molecular flexibility index (Phi) is 6.53. The Labute approximate surface area is 153 Å². The third-order valence-corrected chi connectivity index (χ3v) is 6.23. The van der Waals surface area contributed by atoms with Gasteiger partial charge in [-0.15, -0.1) is 0 Å². The standard InChI is InChI=1S/C16H23ClN2O5S/c1-4-23-14-10-12(3)13(17)11-15(14)25(21,22)19-8-6-18(7-9-19)16(20)24-5-2/h10-11H,4-9H2,1-3H3. The number of aryl methyl sites for hydroxylation is 1. The van der Waals surface area contributed by atoms with Crippen LogP contribution in [0.3, 0.4) is 0 Å². The van der Waals surface area contributed by atoms with Crippen LogP contribution in [0.2, 0.25) is 5.02 Å². The number of amides is 1. The van der Waals surface area contributed by atoms with Crippen molar-refractivity contribution in [2.24, 2.45) is 0 Å². The van der Waals surface area contributed by atoms with Crippen LogP contribution >= 0.6 is 11.6 Å². The molecule has 0 bridgehead atoms. The Morgan fingerprint density at radius 2 is 1.80 bits per heavy atom. The van der Waals surface area contributed by atoms with E-state index in [1.54, 1.807) is 26.8 Å². The molecule has 0 unspecified atom stereocenters. The van der Waals surface area contributed by atoms with Crippen molar-refractivity contribution in [2.45, 2.75) is 25.7 Å². The Balaban J connectivity index is 2.23. The zero-order valence-electron chi connectivity index (χ0n) is 14.6. The molecule has 1 amide bonds. The first-order valence-electron chi connectivity index (χ1n) is 8.16. The minimum absolute atomic E-state index is 0.0505. The van der Waals surface area contributed by atoms with E-state index in [1.165, 1.54) is 15.3 Å². The number of hydrogen-bond donors (Lipinski definition) is 0. The lowest BCUT2D eigenvalue weighted by atomic mass is 10.2. The van der Waals surface area contributed by atoms with Crippen molar-refractivity contribution in [3.63, 3.8) is 0 Å². The van der Waals surface area contributed by atoms with Gasteiger partial charge in [0.15, 0.2) is 0 Å². The Bertz CT molecular complexity index is 730. The van der Waals surface area contributed by atoms with Crippen molar-refractivity contribution in [1.29, 1.82) is 0 Å². The molecule has 0 radical (unpaired) electrons. The van der Waals surface area contributed by atoms with Crippen LogP contribution in [0.15, 0.2) is 17.0 Å². The van der Waals surface area contributed by atoms with E-state index in [0.29, 0.717) is 11.6 Å². The van der Waals surface area contributed by atoms with E-state index in [4.69, 9.17) is 21.1 Å². The lowest BCUT2D eigenvalue weighted by molar-refractivity contribution is 0.0933. The average Bonchev–Trinajstić information content (AvgIpc) is 2.58. The number of carbonyl (C=O) groups is 1. The summed E-state index contributed by atoms with van der Waals surface area (Å²) in [6.07, 6.45) is -0.423. The first-order valence-corrected chi connectivity index (χ1v) is 9.97. The number of nitrogens with zero attached hydrogens (tertiary/aromatic N) is 2. The van der Waals surface area contributed by atoms with E-state index in [9.17, 15) is 13.2 Å². The number of halogens is 1. The van der Waals surface area contributed by atoms with Crippen LogP contribution in [0.5, 0.6) is 5.75 Å². The van der Waals surface area contributed by atoms with Crippen LogP contribution < -0.4 is 4.74 Å². The number of sulfonamides is 1. The van der Waals surface area contributed by atoms with Gasteiger partial charge < -0.3 is 14.4 Å². The molecule has 1 saturated heterocycles. The lowest BCUT2D eigenvalue weighted by Crippen LogP contribution is -2.50. The van der Waals surface area contributed by atoms with E-state index in [-0.39, 0.29) is 43.4 Å². The van der Waals surface area contributed by atoms with Gasteiger partial charge in [0.05, 0.1) is 13.2 Å². The Morgan fingerprint density at radius 3 is 2.36 bits per heavy atom. The highest BCUT2D eigenvalue weighted by Crippen LogP contribution is 2.32. The molecule has 1 aromatic rings. The fourth-order valence-electron chi connectivity index (χ4n) is 2.57. The third-order valence-electron chi connectivity index (χ3n) is 3.91. The van der Waals surface area contributed by atoms with Gasteiger partial charge in [0.2, 0.25) is 10.0 Å².